The van der Waals surface area contributed by atoms with Crippen LogP contribution in [0.5, 0.6) is 0 Å². The highest BCUT2D eigenvalue weighted by atomic mass is 16.1. The van der Waals surface area contributed by atoms with Gasteiger partial charge in [-0.1, -0.05) is 12.1 Å². The van der Waals surface area contributed by atoms with Crippen LogP contribution in [0.15, 0.2) is 24.3 Å². The van der Waals surface area contributed by atoms with E-state index in [1.807, 2.05) is 25.1 Å². The molecule has 0 fully saturated rings. The van der Waals surface area contributed by atoms with Crippen molar-refractivity contribution in [3.63, 3.8) is 0 Å². The number of rotatable bonds is 2. The topological polar surface area (TPSA) is 58.9 Å². The second-order valence-corrected chi connectivity index (χ2v) is 3.52. The number of aromatic nitrogens is 1. The van der Waals surface area contributed by atoms with Gasteiger partial charge in [0.15, 0.2) is 0 Å². The Morgan fingerprint density at radius 1 is 1.43 bits per heavy atom. The lowest BCUT2D eigenvalue weighted by Gasteiger charge is -1.97. The molecule has 0 spiro atoms. The SMILES string of the molecule is Cc1cc2ccc(CC(N)=O)cc2[nH]1. The maximum atomic E-state index is 10.7. The third kappa shape index (κ3) is 1.62. The van der Waals surface area contributed by atoms with E-state index in [9.17, 15) is 4.79 Å². The molecule has 0 aliphatic heterocycles. The van der Waals surface area contributed by atoms with E-state index >= 15 is 0 Å². The maximum absolute atomic E-state index is 10.7. The van der Waals surface area contributed by atoms with Crippen LogP contribution in [-0.4, -0.2) is 10.9 Å². The molecule has 1 aromatic carbocycles. The summed E-state index contributed by atoms with van der Waals surface area (Å²) in [5.74, 6) is -0.298. The van der Waals surface area contributed by atoms with Crippen molar-refractivity contribution in [3.8, 4) is 0 Å². The van der Waals surface area contributed by atoms with Crippen LogP contribution in [0.25, 0.3) is 10.9 Å². The summed E-state index contributed by atoms with van der Waals surface area (Å²) in [6.45, 7) is 2.01. The highest BCUT2D eigenvalue weighted by Crippen LogP contribution is 2.16. The van der Waals surface area contributed by atoms with E-state index in [-0.39, 0.29) is 5.91 Å². The van der Waals surface area contributed by atoms with Gasteiger partial charge in [0.05, 0.1) is 6.42 Å². The van der Waals surface area contributed by atoms with Gasteiger partial charge in [0.1, 0.15) is 0 Å². The van der Waals surface area contributed by atoms with Gasteiger partial charge in [-0.05, 0) is 30.0 Å². The number of benzene rings is 1. The fourth-order valence-corrected chi connectivity index (χ4v) is 1.63. The molecule has 3 nitrogen and oxygen atoms in total. The number of nitrogens with one attached hydrogen (secondary N) is 1. The summed E-state index contributed by atoms with van der Waals surface area (Å²) in [6.07, 6.45) is 0.300. The van der Waals surface area contributed by atoms with Crippen LogP contribution < -0.4 is 5.73 Å². The molecule has 1 amide bonds. The predicted molar refractivity (Wildman–Crippen MR) is 55.9 cm³/mol. The van der Waals surface area contributed by atoms with Crippen molar-refractivity contribution in [1.29, 1.82) is 0 Å². The maximum Gasteiger partial charge on any atom is 0.221 e. The number of aryl methyl sites for hydroxylation is 1. The molecule has 0 bridgehead atoms. The normalized spacial score (nSPS) is 10.6. The van der Waals surface area contributed by atoms with E-state index in [4.69, 9.17) is 5.73 Å². The minimum absolute atomic E-state index is 0.298. The molecule has 72 valence electrons. The minimum atomic E-state index is -0.298. The van der Waals surface area contributed by atoms with E-state index in [1.165, 1.54) is 0 Å². The van der Waals surface area contributed by atoms with Gasteiger partial charge < -0.3 is 10.7 Å². The van der Waals surface area contributed by atoms with E-state index in [0.717, 1.165) is 22.2 Å². The summed E-state index contributed by atoms with van der Waals surface area (Å²) in [5, 5.41) is 1.16. The van der Waals surface area contributed by atoms with Gasteiger partial charge in [0.25, 0.3) is 0 Å². The van der Waals surface area contributed by atoms with Crippen LogP contribution >= 0.6 is 0 Å². The molecule has 2 rings (SSSR count). The summed E-state index contributed by atoms with van der Waals surface area (Å²) in [4.78, 5) is 13.9. The molecule has 0 saturated heterocycles. The Hall–Kier alpha value is -1.77. The molecule has 1 aromatic heterocycles. The smallest absolute Gasteiger partial charge is 0.221 e. The predicted octanol–water partition coefficient (Wildman–Crippen LogP) is 1.50. The number of carbonyl (C=O) groups is 1. The average molecular weight is 188 g/mol. The quantitative estimate of drug-likeness (QED) is 0.737. The van der Waals surface area contributed by atoms with E-state index in [2.05, 4.69) is 11.1 Å². The minimum Gasteiger partial charge on any atom is -0.369 e. The molecular formula is C11H12N2O. The Labute approximate surface area is 81.9 Å². The first kappa shape index (κ1) is 8.81. The van der Waals surface area contributed by atoms with E-state index < -0.39 is 0 Å². The fraction of sp³-hybridized carbons (Fsp3) is 0.182. The number of nitrogens with two attached hydrogens (primary N) is 1. The first-order valence-corrected chi connectivity index (χ1v) is 4.52. The summed E-state index contributed by atoms with van der Waals surface area (Å²) in [5.41, 5.74) is 8.25. The van der Waals surface area contributed by atoms with Crippen molar-refractivity contribution in [2.45, 2.75) is 13.3 Å². The first-order chi connectivity index (χ1) is 6.65. The number of carbonyl (C=O) groups excluding carboxylic acids is 1. The van der Waals surface area contributed by atoms with Gasteiger partial charge in [0.2, 0.25) is 5.91 Å². The second kappa shape index (κ2) is 3.18. The van der Waals surface area contributed by atoms with Crippen LogP contribution in [0.2, 0.25) is 0 Å². The largest absolute Gasteiger partial charge is 0.369 e. The van der Waals surface area contributed by atoms with Crippen molar-refractivity contribution in [2.75, 3.05) is 0 Å². The number of H-pyrrole nitrogens is 1. The average Bonchev–Trinajstić information content (AvgIpc) is 2.42. The van der Waals surface area contributed by atoms with Gasteiger partial charge in [-0.3, -0.25) is 4.79 Å². The Balaban J connectivity index is 2.45. The van der Waals surface area contributed by atoms with Crippen LogP contribution in [0.3, 0.4) is 0 Å². The molecule has 0 unspecified atom stereocenters. The highest BCUT2D eigenvalue weighted by molar-refractivity contribution is 5.83. The zero-order valence-electron chi connectivity index (χ0n) is 8.00. The van der Waals surface area contributed by atoms with Gasteiger partial charge >= 0.3 is 0 Å². The third-order valence-electron chi connectivity index (χ3n) is 2.20. The number of fused-ring (bicyclic) bond motifs is 1. The van der Waals surface area contributed by atoms with E-state index in [1.54, 1.807) is 0 Å². The number of hydrogen-bond acceptors (Lipinski definition) is 1. The first-order valence-electron chi connectivity index (χ1n) is 4.52. The van der Waals surface area contributed by atoms with Gasteiger partial charge in [0, 0.05) is 11.2 Å². The molecule has 0 radical (unpaired) electrons. The lowest BCUT2D eigenvalue weighted by Crippen LogP contribution is -2.13. The van der Waals surface area contributed by atoms with Gasteiger partial charge in [-0.15, -0.1) is 0 Å². The Kier molecular flexibility index (Phi) is 2.00. The van der Waals surface area contributed by atoms with Crippen LogP contribution in [-0.2, 0) is 11.2 Å². The molecule has 1 heterocycles. The Bertz CT molecular complexity index is 485. The van der Waals surface area contributed by atoms with Crippen molar-refractivity contribution in [2.24, 2.45) is 5.73 Å². The molecule has 0 saturated carbocycles. The van der Waals surface area contributed by atoms with Crippen LogP contribution in [0, 0.1) is 6.92 Å². The molecule has 0 aliphatic rings. The van der Waals surface area contributed by atoms with Crippen molar-refractivity contribution in [1.82, 2.24) is 4.98 Å². The fourth-order valence-electron chi connectivity index (χ4n) is 1.63. The molecule has 2 aromatic rings. The van der Waals surface area contributed by atoms with Crippen molar-refractivity contribution < 1.29 is 4.79 Å². The summed E-state index contributed by atoms with van der Waals surface area (Å²) in [6, 6.07) is 7.97. The monoisotopic (exact) mass is 188 g/mol. The highest BCUT2D eigenvalue weighted by Gasteiger charge is 2.01. The molecule has 0 aliphatic carbocycles. The summed E-state index contributed by atoms with van der Waals surface area (Å²) < 4.78 is 0. The molecule has 3 N–H and O–H groups in total. The molecular weight excluding hydrogens is 176 g/mol. The Morgan fingerprint density at radius 2 is 2.21 bits per heavy atom. The second-order valence-electron chi connectivity index (χ2n) is 3.52. The van der Waals surface area contributed by atoms with Crippen molar-refractivity contribution in [3.05, 3.63) is 35.5 Å². The molecule has 3 heteroatoms. The van der Waals surface area contributed by atoms with Gasteiger partial charge in [-0.25, -0.2) is 0 Å². The lowest BCUT2D eigenvalue weighted by molar-refractivity contribution is -0.117. The zero-order valence-corrected chi connectivity index (χ0v) is 8.00. The lowest BCUT2D eigenvalue weighted by atomic mass is 10.1. The molecule has 14 heavy (non-hydrogen) atoms. The third-order valence-corrected chi connectivity index (χ3v) is 2.20. The Morgan fingerprint density at radius 3 is 2.93 bits per heavy atom. The number of primary amides is 1. The van der Waals surface area contributed by atoms with Gasteiger partial charge in [-0.2, -0.15) is 0 Å². The van der Waals surface area contributed by atoms with Crippen molar-refractivity contribution >= 4 is 16.8 Å². The number of amides is 1. The number of hydrogen-bond donors (Lipinski definition) is 2. The van der Waals surface area contributed by atoms with Crippen LogP contribution in [0.4, 0.5) is 0 Å². The standard InChI is InChI=1S/C11H12N2O/c1-7-4-9-3-2-8(6-11(12)14)5-10(9)13-7/h2-5,13H,6H2,1H3,(H2,12,14). The summed E-state index contributed by atoms with van der Waals surface area (Å²) >= 11 is 0. The van der Waals surface area contributed by atoms with Crippen LogP contribution in [0.1, 0.15) is 11.3 Å². The van der Waals surface area contributed by atoms with E-state index in [0.29, 0.717) is 6.42 Å². The molecule has 0 atom stereocenters. The zero-order chi connectivity index (χ0) is 10.1. The summed E-state index contributed by atoms with van der Waals surface area (Å²) in [7, 11) is 0. The number of aromatic amines is 1.